The van der Waals surface area contributed by atoms with Crippen molar-refractivity contribution in [1.29, 1.82) is 0 Å². The van der Waals surface area contributed by atoms with Crippen molar-refractivity contribution >= 4 is 70.0 Å². The van der Waals surface area contributed by atoms with Gasteiger partial charge in [-0.05, 0) is 255 Å². The highest BCUT2D eigenvalue weighted by molar-refractivity contribution is 5.97. The van der Waals surface area contributed by atoms with E-state index in [0.717, 1.165) is 162 Å². The van der Waals surface area contributed by atoms with E-state index in [9.17, 15) is 38.4 Å². The molecule has 8 amide bonds. The fraction of sp³-hybridized carbons (Fsp3) is 0.394. The molecule has 0 radical (unpaired) electrons. The van der Waals surface area contributed by atoms with Gasteiger partial charge in [0.15, 0.2) is 0 Å². The van der Waals surface area contributed by atoms with Crippen LogP contribution in [0, 0.1) is 67.2 Å². The Kier molecular flexibility index (Phi) is 28.2. The second kappa shape index (κ2) is 39.1. The van der Waals surface area contributed by atoms with Crippen LogP contribution in [0.25, 0.3) is 67.6 Å². The third-order valence-electron chi connectivity index (χ3n) is 24.8. The van der Waals surface area contributed by atoms with E-state index in [4.69, 9.17) is 34.1 Å². The number of aryl methyl sites for hydroxylation is 8. The summed E-state index contributed by atoms with van der Waals surface area (Å²) in [4.78, 5) is 124. The van der Waals surface area contributed by atoms with E-state index in [1.165, 1.54) is 12.7 Å². The molecular formula is C99H118N16O11. The summed E-state index contributed by atoms with van der Waals surface area (Å²) in [7, 11) is 7.95. The monoisotopic (exact) mass is 1710 g/mol. The zero-order valence-corrected chi connectivity index (χ0v) is 75.9. The Balaban J connectivity index is 0.000000144. The number of hydrogen-bond donors (Lipinski definition) is 4. The van der Waals surface area contributed by atoms with Crippen LogP contribution in [0.3, 0.4) is 0 Å². The zero-order chi connectivity index (χ0) is 90.4. The van der Waals surface area contributed by atoms with E-state index < -0.39 is 0 Å². The molecule has 0 aliphatic carbocycles. The Labute approximate surface area is 736 Å². The second-order valence-electron chi connectivity index (χ2n) is 34.3. The molecule has 27 heteroatoms. The van der Waals surface area contributed by atoms with Crippen LogP contribution in [0.2, 0.25) is 0 Å². The minimum atomic E-state index is -0.267. The molecule has 12 aromatic rings. The molecule has 660 valence electrons. The van der Waals surface area contributed by atoms with Crippen molar-refractivity contribution in [2.75, 3.05) is 81.2 Å². The number of fused-ring (bicyclic) bond motifs is 4. The van der Waals surface area contributed by atoms with Crippen molar-refractivity contribution in [3.8, 4) is 45.0 Å². The maximum Gasteiger partial charge on any atom is 0.409 e. The molecule has 7 atom stereocenters. The first kappa shape index (κ1) is 90.8. The predicted molar refractivity (Wildman–Crippen MR) is 489 cm³/mol. The van der Waals surface area contributed by atoms with Gasteiger partial charge in [0.05, 0.1) is 90.2 Å². The molecule has 16 rings (SSSR count). The topological polar surface area (TPSA) is 295 Å². The van der Waals surface area contributed by atoms with E-state index in [2.05, 4.69) is 121 Å². The number of pyridine rings is 4. The Morgan fingerprint density at radius 2 is 0.675 bits per heavy atom. The summed E-state index contributed by atoms with van der Waals surface area (Å²) in [6, 6.07) is 39.9. The summed E-state index contributed by atoms with van der Waals surface area (Å²) in [5, 5.41) is 10.7. The number of nitrogens with zero attached hydrogens (tertiary/aromatic N) is 12. The molecule has 4 saturated heterocycles. The fourth-order valence-electron chi connectivity index (χ4n) is 18.1. The molecule has 4 N–H and O–H groups in total. The number of methoxy groups -OCH3 is 1. The lowest BCUT2D eigenvalue weighted by Crippen LogP contribution is -2.50. The lowest BCUT2D eigenvalue weighted by molar-refractivity contribution is -0.142. The number of hydrogen-bond acceptors (Lipinski definition) is 15. The highest BCUT2D eigenvalue weighted by Crippen LogP contribution is 2.38. The van der Waals surface area contributed by atoms with Gasteiger partial charge in [-0.2, -0.15) is 0 Å². The summed E-state index contributed by atoms with van der Waals surface area (Å²) in [6.45, 7) is 31.6. The minimum absolute atomic E-state index is 0.0698. The molecule has 0 spiro atoms. The van der Waals surface area contributed by atoms with Crippen molar-refractivity contribution in [3.05, 3.63) is 236 Å². The number of benzene rings is 4. The molecular weight excluding hydrogens is 1590 g/mol. The number of nitrogens with one attached hydrogen (secondary N) is 4. The van der Waals surface area contributed by atoms with Gasteiger partial charge in [-0.15, -0.1) is 0 Å². The fourth-order valence-corrected chi connectivity index (χ4v) is 18.1. The Morgan fingerprint density at radius 3 is 0.952 bits per heavy atom. The summed E-state index contributed by atoms with van der Waals surface area (Å²) < 4.78 is 25.7. The Hall–Kier alpha value is -12.9. The van der Waals surface area contributed by atoms with Gasteiger partial charge in [-0.25, -0.2) is 24.7 Å². The van der Waals surface area contributed by atoms with Crippen molar-refractivity contribution < 1.29 is 52.6 Å². The number of imidazole rings is 4. The highest BCUT2D eigenvalue weighted by Gasteiger charge is 2.36. The van der Waals surface area contributed by atoms with Crippen LogP contribution < -0.4 is 21.3 Å². The summed E-state index contributed by atoms with van der Waals surface area (Å²) in [5.41, 5.74) is 26.7. The maximum absolute atomic E-state index is 12.1. The Bertz CT molecular complexity index is 5970. The number of aromatic nitrogens is 8. The first-order chi connectivity index (χ1) is 60.2. The first-order valence-electron chi connectivity index (χ1n) is 43.4. The molecule has 0 saturated carbocycles. The van der Waals surface area contributed by atoms with Crippen LogP contribution in [0.15, 0.2) is 146 Å². The quantitative estimate of drug-likeness (QED) is 0.0699. The number of rotatable bonds is 16. The first-order valence-corrected chi connectivity index (χ1v) is 43.4. The van der Waals surface area contributed by atoms with E-state index in [1.54, 1.807) is 53.9 Å². The number of ether oxygens (including phenoxy) is 3. The van der Waals surface area contributed by atoms with E-state index in [0.29, 0.717) is 86.3 Å². The third-order valence-corrected chi connectivity index (χ3v) is 24.8. The van der Waals surface area contributed by atoms with Crippen molar-refractivity contribution in [2.24, 2.45) is 11.8 Å². The van der Waals surface area contributed by atoms with Gasteiger partial charge in [0.25, 0.3) is 23.6 Å². The van der Waals surface area contributed by atoms with Gasteiger partial charge < -0.3 is 72.7 Å². The largest absolute Gasteiger partial charge is 0.453 e. The van der Waals surface area contributed by atoms with Crippen LogP contribution in [-0.2, 0) is 54.3 Å². The van der Waals surface area contributed by atoms with Crippen molar-refractivity contribution in [1.82, 2.24) is 78.4 Å². The molecule has 4 fully saturated rings. The van der Waals surface area contributed by atoms with Gasteiger partial charge in [0, 0.05) is 170 Å². The van der Waals surface area contributed by atoms with Crippen LogP contribution >= 0.6 is 0 Å². The van der Waals surface area contributed by atoms with Gasteiger partial charge in [-0.1, -0.05) is 24.3 Å². The van der Waals surface area contributed by atoms with E-state index in [1.807, 2.05) is 155 Å². The number of amides is 8. The third kappa shape index (κ3) is 19.9. The minimum Gasteiger partial charge on any atom is -0.453 e. The lowest BCUT2D eigenvalue weighted by Gasteiger charge is -2.37. The smallest absolute Gasteiger partial charge is 0.409 e. The highest BCUT2D eigenvalue weighted by atomic mass is 16.5. The molecule has 3 unspecified atom stereocenters. The summed E-state index contributed by atoms with van der Waals surface area (Å²) in [6.07, 6.45) is 12.6. The van der Waals surface area contributed by atoms with Crippen molar-refractivity contribution in [2.45, 2.75) is 166 Å². The number of likely N-dealkylation sites (tertiary alicyclic amines) is 2. The van der Waals surface area contributed by atoms with E-state index >= 15 is 0 Å². The predicted octanol–water partition coefficient (Wildman–Crippen LogP) is 13.7. The SMILES string of the molecule is CNC(=O)c1ccc(-c2nc3cc(C)ccn3c2CC2CC(C)N(C(C)=O)C2)c(C)c1.CNC(=O)c1ccc(-c2nc3cc(C)ccn3c2CC2CCN(C(=O)OC)C2)c(C)c1.CNC(=O)c1ccc(-c2nc3cc(C)ccn3c2C[C@H]2CN(C(C)=O)[C@@H](C)CO2)c(C)c1.CNC(=O)c1ccc(-c2nc3cc(C)ccn3c2C[C@H]2CN(C(C)=O)[C@H](C)CO2)c(C)c1. The van der Waals surface area contributed by atoms with Crippen LogP contribution in [0.1, 0.15) is 163 Å². The lowest BCUT2D eigenvalue weighted by atomic mass is 9.95. The van der Waals surface area contributed by atoms with Gasteiger partial charge in [0.1, 0.15) is 22.6 Å². The average Bonchev–Trinajstić information content (AvgIpc) is 1.63. The van der Waals surface area contributed by atoms with Gasteiger partial charge >= 0.3 is 6.09 Å². The normalized spacial score (nSPS) is 18.0. The zero-order valence-electron chi connectivity index (χ0n) is 75.9. The second-order valence-corrected chi connectivity index (χ2v) is 34.3. The van der Waals surface area contributed by atoms with Crippen LogP contribution in [0.4, 0.5) is 4.79 Å². The Morgan fingerprint density at radius 1 is 0.381 bits per heavy atom. The van der Waals surface area contributed by atoms with Crippen molar-refractivity contribution in [3.63, 3.8) is 0 Å². The average molecular weight is 1710 g/mol. The van der Waals surface area contributed by atoms with E-state index in [-0.39, 0.29) is 77.8 Å². The molecule has 0 bridgehead atoms. The molecule has 12 heterocycles. The number of carbonyl (C=O) groups excluding carboxylic acids is 8. The number of morpholine rings is 2. The summed E-state index contributed by atoms with van der Waals surface area (Å²) in [5.74, 6) is 0.595. The van der Waals surface area contributed by atoms with Crippen LogP contribution in [0.5, 0.6) is 0 Å². The standard InChI is InChI=1S/2C25H30N4O3.C25H30N4O2.C24H28N4O3/c2*1-15-8-9-28-22(12-20-13-29(18(4)30)17(3)14-32-20)24(27-23(28)10-15)21-7-6-19(11-16(21)2)25(31)26-5;1-15-8-9-28-22(13-19-12-17(3)29(14-19)18(4)30)24(27-23(28)10-15)21-7-6-20(11-16(21)2)25(31)26-5;1-15-7-10-28-20(13-17-8-9-27(14-17)24(30)31-4)22(26-21(28)11-15)19-6-5-18(12-16(19)2)23(29)25-3/h2*6-11,17,20H,12-14H2,1-5H3,(H,26,31);6-11,17,19H,12-14H2,1-5H3,(H,26,31);5-7,10-12,17H,8-9,13-14H2,1-4H3,(H,25,29)/t17-,20+;17-,20-;;/m10../s1. The molecule has 4 aromatic carbocycles. The molecule has 126 heavy (non-hydrogen) atoms. The maximum atomic E-state index is 12.1. The van der Waals surface area contributed by atoms with Gasteiger partial charge in [-0.3, -0.25) is 33.6 Å². The summed E-state index contributed by atoms with van der Waals surface area (Å²) >= 11 is 0. The molecule has 4 aliphatic heterocycles. The number of carbonyl (C=O) groups is 8. The van der Waals surface area contributed by atoms with Crippen LogP contribution in [-0.4, -0.2) is 216 Å². The van der Waals surface area contributed by atoms with Gasteiger partial charge in [0.2, 0.25) is 17.7 Å². The molecule has 8 aromatic heterocycles. The molecule has 27 nitrogen and oxygen atoms in total. The molecule has 4 aliphatic rings.